The fourth-order valence-electron chi connectivity index (χ4n) is 8.40. The van der Waals surface area contributed by atoms with E-state index in [9.17, 15) is 9.59 Å². The second-order valence-electron chi connectivity index (χ2n) is 15.0. The number of benzene rings is 4. The molecule has 0 spiro atoms. The van der Waals surface area contributed by atoms with Crippen molar-refractivity contribution in [2.75, 3.05) is 50.8 Å². The maximum Gasteiger partial charge on any atom is 0.415 e. The van der Waals surface area contributed by atoms with Gasteiger partial charge >= 0.3 is 6.09 Å². The van der Waals surface area contributed by atoms with Crippen molar-refractivity contribution < 1.29 is 23.9 Å². The molecule has 0 N–H and O–H groups in total. The lowest BCUT2D eigenvalue weighted by Gasteiger charge is -2.41. The zero-order valence-corrected chi connectivity index (χ0v) is 32.4. The number of carbonyl (C=O) groups excluding carboxylic acids is 3. The van der Waals surface area contributed by atoms with Crippen LogP contribution >= 0.6 is 0 Å². The maximum atomic E-state index is 15.4. The van der Waals surface area contributed by atoms with Crippen LogP contribution in [0.4, 0.5) is 10.5 Å². The third-order valence-corrected chi connectivity index (χ3v) is 11.6. The predicted molar refractivity (Wildman–Crippen MR) is 217 cm³/mol. The van der Waals surface area contributed by atoms with Crippen LogP contribution in [0.3, 0.4) is 0 Å². The molecule has 1 fully saturated rings. The fraction of sp³-hybridized carbons (Fsp3) is 0.326. The molecule has 0 bridgehead atoms. The van der Waals surface area contributed by atoms with Crippen LogP contribution in [-0.4, -0.2) is 89.2 Å². The van der Waals surface area contributed by atoms with Gasteiger partial charge in [-0.15, -0.1) is 0 Å². The summed E-state index contributed by atoms with van der Waals surface area (Å²) >= 11 is 0. The third-order valence-electron chi connectivity index (χ3n) is 11.6. The van der Waals surface area contributed by atoms with Gasteiger partial charge in [0, 0.05) is 87.1 Å². The Morgan fingerprint density at radius 1 is 0.786 bits per heavy atom. The van der Waals surface area contributed by atoms with Crippen LogP contribution in [0.1, 0.15) is 55.6 Å². The van der Waals surface area contributed by atoms with E-state index >= 15 is 4.79 Å². The minimum Gasteiger partial charge on any atom is -0.410 e. The molecule has 10 heteroatoms. The Labute approximate surface area is 328 Å². The molecule has 5 aromatic rings. The van der Waals surface area contributed by atoms with Crippen molar-refractivity contribution in [3.8, 4) is 17.0 Å². The van der Waals surface area contributed by atoms with E-state index in [0.29, 0.717) is 62.7 Å². The van der Waals surface area contributed by atoms with E-state index in [4.69, 9.17) is 9.47 Å². The number of anilines is 1. The van der Waals surface area contributed by atoms with Crippen molar-refractivity contribution in [2.45, 2.75) is 45.8 Å². The number of para-hydroxylation sites is 2. The molecule has 10 nitrogen and oxygen atoms in total. The van der Waals surface area contributed by atoms with Crippen LogP contribution in [0, 0.1) is 6.92 Å². The average Bonchev–Trinajstić information content (AvgIpc) is 3.53. The molecule has 8 rings (SSSR count). The van der Waals surface area contributed by atoms with Crippen molar-refractivity contribution in [1.82, 2.24) is 19.3 Å². The molecule has 1 atom stereocenters. The highest BCUT2D eigenvalue weighted by molar-refractivity contribution is 6.08. The van der Waals surface area contributed by atoms with E-state index in [1.54, 1.807) is 21.9 Å². The van der Waals surface area contributed by atoms with Crippen LogP contribution in [-0.2, 0) is 37.7 Å². The van der Waals surface area contributed by atoms with E-state index in [1.807, 2.05) is 97.1 Å². The lowest BCUT2D eigenvalue weighted by atomic mass is 9.89. The van der Waals surface area contributed by atoms with E-state index < -0.39 is 6.09 Å². The number of hydrogen-bond acceptors (Lipinski definition) is 6. The van der Waals surface area contributed by atoms with Gasteiger partial charge in [-0.25, -0.2) is 4.79 Å². The SMILES string of the molecule is CCN(C(=O)c1cc(-c2cc3c(cc2C(=O)N2Cc4ccccc4C[C@H]2CN2CCOCC2)CN(C(=O)Oc2ccccc2)CC3)n(C)c1C)c1ccccc1. The molecular weight excluding hydrogens is 703 g/mol. The molecule has 0 saturated carbocycles. The van der Waals surface area contributed by atoms with Crippen LogP contribution in [0.15, 0.2) is 103 Å². The Balaban J connectivity index is 1.20. The molecule has 288 valence electrons. The van der Waals surface area contributed by atoms with Gasteiger partial charge in [-0.05, 0) is 91.4 Å². The number of nitrogens with zero attached hydrogens (tertiary/aromatic N) is 5. The first-order valence-electron chi connectivity index (χ1n) is 19.7. The lowest BCUT2D eigenvalue weighted by Crippen LogP contribution is -2.52. The Kier molecular flexibility index (Phi) is 10.8. The molecule has 0 aliphatic carbocycles. The minimum atomic E-state index is -0.419. The Morgan fingerprint density at radius 2 is 1.48 bits per heavy atom. The molecule has 0 radical (unpaired) electrons. The molecule has 3 aliphatic heterocycles. The van der Waals surface area contributed by atoms with Crippen molar-refractivity contribution in [1.29, 1.82) is 0 Å². The van der Waals surface area contributed by atoms with Gasteiger partial charge in [-0.2, -0.15) is 0 Å². The summed E-state index contributed by atoms with van der Waals surface area (Å²) in [6.07, 6.45) is 0.939. The van der Waals surface area contributed by atoms with Gasteiger partial charge in [0.05, 0.1) is 18.8 Å². The lowest BCUT2D eigenvalue weighted by molar-refractivity contribution is 0.0193. The van der Waals surface area contributed by atoms with Crippen LogP contribution in [0.5, 0.6) is 5.75 Å². The third kappa shape index (κ3) is 7.46. The summed E-state index contributed by atoms with van der Waals surface area (Å²) in [6, 6.07) is 33.2. The minimum absolute atomic E-state index is 0.0481. The van der Waals surface area contributed by atoms with Gasteiger partial charge in [0.1, 0.15) is 5.75 Å². The fourth-order valence-corrected chi connectivity index (χ4v) is 8.40. The molecule has 4 aromatic carbocycles. The second-order valence-corrected chi connectivity index (χ2v) is 15.0. The molecule has 3 amide bonds. The van der Waals surface area contributed by atoms with Gasteiger partial charge in [-0.1, -0.05) is 60.7 Å². The largest absolute Gasteiger partial charge is 0.415 e. The highest BCUT2D eigenvalue weighted by Gasteiger charge is 2.35. The molecule has 56 heavy (non-hydrogen) atoms. The summed E-state index contributed by atoms with van der Waals surface area (Å²) in [7, 11) is 1.97. The van der Waals surface area contributed by atoms with Gasteiger partial charge in [0.15, 0.2) is 0 Å². The predicted octanol–water partition coefficient (Wildman–Crippen LogP) is 7.12. The van der Waals surface area contributed by atoms with Gasteiger partial charge in [0.2, 0.25) is 0 Å². The standard InChI is InChI=1S/C46H49N5O5/c1-4-50(37-15-7-5-8-16-37)44(52)40-28-43(47(3)32(40)2)41-26-34-19-20-49(46(54)56-39-17-9-6-10-18-39)29-36(34)27-42(41)45(53)51-30-35-14-12-11-13-33(35)25-38(51)31-48-21-23-55-24-22-48/h5-18,26-28,38H,4,19-25,29-31H2,1-3H3/t38-/m0/s1. The van der Waals surface area contributed by atoms with Crippen LogP contribution < -0.4 is 9.64 Å². The average molecular weight is 752 g/mol. The van der Waals surface area contributed by atoms with Crippen molar-refractivity contribution >= 4 is 23.6 Å². The van der Waals surface area contributed by atoms with Crippen molar-refractivity contribution in [2.24, 2.45) is 7.05 Å². The molecule has 4 heterocycles. The maximum absolute atomic E-state index is 15.4. The van der Waals surface area contributed by atoms with Gasteiger partial charge < -0.3 is 28.7 Å². The summed E-state index contributed by atoms with van der Waals surface area (Å²) < 4.78 is 13.4. The van der Waals surface area contributed by atoms with Crippen LogP contribution in [0.25, 0.3) is 11.3 Å². The summed E-state index contributed by atoms with van der Waals surface area (Å²) in [4.78, 5) is 50.9. The number of fused-ring (bicyclic) bond motifs is 2. The number of rotatable bonds is 8. The van der Waals surface area contributed by atoms with E-state index in [-0.39, 0.29) is 17.9 Å². The molecule has 1 saturated heterocycles. The van der Waals surface area contributed by atoms with E-state index in [1.165, 1.54) is 5.56 Å². The summed E-state index contributed by atoms with van der Waals surface area (Å²) in [5.74, 6) is 0.338. The zero-order valence-electron chi connectivity index (χ0n) is 32.4. The first kappa shape index (κ1) is 37.2. The number of carbonyl (C=O) groups is 3. The molecule has 0 unspecified atom stereocenters. The monoisotopic (exact) mass is 751 g/mol. The van der Waals surface area contributed by atoms with Crippen molar-refractivity contribution in [3.05, 3.63) is 142 Å². The Hall–Kier alpha value is -5.71. The molecule has 1 aromatic heterocycles. The van der Waals surface area contributed by atoms with E-state index in [0.717, 1.165) is 65.4 Å². The summed E-state index contributed by atoms with van der Waals surface area (Å²) in [5, 5.41) is 0. The highest BCUT2D eigenvalue weighted by atomic mass is 16.6. The van der Waals surface area contributed by atoms with Crippen molar-refractivity contribution in [3.63, 3.8) is 0 Å². The second kappa shape index (κ2) is 16.2. The smallest absolute Gasteiger partial charge is 0.410 e. The normalized spacial score (nSPS) is 16.9. The van der Waals surface area contributed by atoms with Crippen LogP contribution in [0.2, 0.25) is 0 Å². The first-order chi connectivity index (χ1) is 27.3. The number of hydrogen-bond donors (Lipinski definition) is 0. The number of amides is 3. The topological polar surface area (TPSA) is 87.6 Å². The first-order valence-corrected chi connectivity index (χ1v) is 19.7. The number of ether oxygens (including phenoxy) is 2. The van der Waals surface area contributed by atoms with E-state index in [2.05, 4.69) is 29.2 Å². The van der Waals surface area contributed by atoms with Gasteiger partial charge in [0.25, 0.3) is 11.8 Å². The summed E-state index contributed by atoms with van der Waals surface area (Å²) in [5.41, 5.74) is 8.80. The number of morpholine rings is 1. The zero-order chi connectivity index (χ0) is 38.8. The Bertz CT molecular complexity index is 2230. The summed E-state index contributed by atoms with van der Waals surface area (Å²) in [6.45, 7) is 9.52. The van der Waals surface area contributed by atoms with Gasteiger partial charge in [-0.3, -0.25) is 14.5 Å². The number of aromatic nitrogens is 1. The molecular formula is C46H49N5O5. The highest BCUT2D eigenvalue weighted by Crippen LogP contribution is 2.36. The quantitative estimate of drug-likeness (QED) is 0.168. The Morgan fingerprint density at radius 3 is 2.21 bits per heavy atom. The molecule has 3 aliphatic rings.